The second-order valence-corrected chi connectivity index (χ2v) is 5.39. The van der Waals surface area contributed by atoms with Crippen molar-refractivity contribution in [1.82, 2.24) is 4.72 Å². The summed E-state index contributed by atoms with van der Waals surface area (Å²) >= 11 is 0. The first-order valence-electron chi connectivity index (χ1n) is 4.98. The van der Waals surface area contributed by atoms with Gasteiger partial charge in [0.05, 0.1) is 0 Å². The molecule has 1 aliphatic rings. The first-order chi connectivity index (χ1) is 6.51. The molecule has 6 heteroatoms. The van der Waals surface area contributed by atoms with Gasteiger partial charge in [-0.2, -0.15) is 8.42 Å². The fraction of sp³-hybridized carbons (Fsp3) is 1.00. The van der Waals surface area contributed by atoms with E-state index in [1.807, 2.05) is 0 Å². The van der Waals surface area contributed by atoms with Gasteiger partial charge >= 0.3 is 0 Å². The van der Waals surface area contributed by atoms with E-state index in [1.165, 1.54) is 0 Å². The fourth-order valence-electron chi connectivity index (χ4n) is 1.91. The van der Waals surface area contributed by atoms with Gasteiger partial charge in [0.1, 0.15) is 0 Å². The molecule has 0 amide bonds. The molecule has 0 unspecified atom stereocenters. The number of nitrogens with one attached hydrogen (secondary N) is 1. The van der Waals surface area contributed by atoms with E-state index in [-0.39, 0.29) is 0 Å². The van der Waals surface area contributed by atoms with Crippen LogP contribution in [0.4, 0.5) is 0 Å². The van der Waals surface area contributed by atoms with E-state index in [0.29, 0.717) is 18.4 Å². The molecule has 84 valence electrons. The van der Waals surface area contributed by atoms with Gasteiger partial charge in [-0.15, -0.1) is 0 Å². The predicted octanol–water partition coefficient (Wildman–Crippen LogP) is -0.455. The standard InChI is InChI=1S/C8H19N3O2S/c9-5-7-1-3-8(4-2-7)6-11-14(10,12)13/h7-8,11H,1-6,9H2,(H2,10,12,13). The summed E-state index contributed by atoms with van der Waals surface area (Å²) in [4.78, 5) is 0. The van der Waals surface area contributed by atoms with Crippen LogP contribution in [0.1, 0.15) is 25.7 Å². The molecule has 0 radical (unpaired) electrons. The molecule has 14 heavy (non-hydrogen) atoms. The smallest absolute Gasteiger partial charge is 0.274 e. The van der Waals surface area contributed by atoms with E-state index in [2.05, 4.69) is 4.72 Å². The molecule has 0 aromatic heterocycles. The lowest BCUT2D eigenvalue weighted by atomic mass is 9.82. The van der Waals surface area contributed by atoms with E-state index in [1.54, 1.807) is 0 Å². The van der Waals surface area contributed by atoms with Gasteiger partial charge in [-0.05, 0) is 44.1 Å². The molecular formula is C8H19N3O2S. The van der Waals surface area contributed by atoms with Crippen LogP contribution in [-0.2, 0) is 10.2 Å². The highest BCUT2D eigenvalue weighted by Gasteiger charge is 2.20. The van der Waals surface area contributed by atoms with E-state index in [0.717, 1.165) is 32.2 Å². The summed E-state index contributed by atoms with van der Waals surface area (Å²) in [6.45, 7) is 1.21. The second-order valence-electron chi connectivity index (χ2n) is 4.02. The third-order valence-corrected chi connectivity index (χ3v) is 3.44. The quantitative estimate of drug-likeness (QED) is 0.599. The first-order valence-corrected chi connectivity index (χ1v) is 6.53. The number of hydrogen-bond acceptors (Lipinski definition) is 3. The molecule has 1 rings (SSSR count). The highest BCUT2D eigenvalue weighted by molar-refractivity contribution is 7.87. The molecule has 1 saturated carbocycles. The average molecular weight is 221 g/mol. The van der Waals surface area contributed by atoms with Crippen molar-refractivity contribution in [3.8, 4) is 0 Å². The lowest BCUT2D eigenvalue weighted by molar-refractivity contribution is 0.280. The molecule has 5 N–H and O–H groups in total. The lowest BCUT2D eigenvalue weighted by Crippen LogP contribution is -2.36. The first kappa shape index (κ1) is 11.9. The molecule has 0 heterocycles. The van der Waals surface area contributed by atoms with Crippen LogP contribution in [0, 0.1) is 11.8 Å². The maximum Gasteiger partial charge on any atom is 0.274 e. The Bertz CT molecular complexity index is 258. The SMILES string of the molecule is NCC1CCC(CNS(N)(=O)=O)CC1. The molecule has 0 atom stereocenters. The van der Waals surface area contributed by atoms with E-state index in [4.69, 9.17) is 10.9 Å². The minimum atomic E-state index is -3.52. The van der Waals surface area contributed by atoms with Gasteiger partial charge in [0, 0.05) is 6.54 Å². The van der Waals surface area contributed by atoms with Crippen LogP contribution < -0.4 is 15.6 Å². The van der Waals surface area contributed by atoms with Crippen LogP contribution in [0.25, 0.3) is 0 Å². The summed E-state index contributed by atoms with van der Waals surface area (Å²) in [5.74, 6) is 1.05. The predicted molar refractivity (Wildman–Crippen MR) is 55.6 cm³/mol. The van der Waals surface area contributed by atoms with Gasteiger partial charge in [0.15, 0.2) is 0 Å². The van der Waals surface area contributed by atoms with E-state index < -0.39 is 10.2 Å². The monoisotopic (exact) mass is 221 g/mol. The van der Waals surface area contributed by atoms with Crippen molar-refractivity contribution in [1.29, 1.82) is 0 Å². The minimum Gasteiger partial charge on any atom is -0.330 e. The Kier molecular flexibility index (Phi) is 4.31. The zero-order valence-electron chi connectivity index (χ0n) is 8.28. The minimum absolute atomic E-state index is 0.427. The average Bonchev–Trinajstić information content (AvgIpc) is 2.14. The van der Waals surface area contributed by atoms with E-state index in [9.17, 15) is 8.42 Å². The second kappa shape index (κ2) is 5.06. The van der Waals surface area contributed by atoms with Crippen molar-refractivity contribution < 1.29 is 8.42 Å². The summed E-state index contributed by atoms with van der Waals surface area (Å²) in [6.07, 6.45) is 4.30. The topological polar surface area (TPSA) is 98.2 Å². The van der Waals surface area contributed by atoms with Gasteiger partial charge in [0.25, 0.3) is 10.2 Å². The Morgan fingerprint density at radius 1 is 1.14 bits per heavy atom. The number of hydrogen-bond donors (Lipinski definition) is 3. The van der Waals surface area contributed by atoms with Crippen LogP contribution in [0.2, 0.25) is 0 Å². The van der Waals surface area contributed by atoms with E-state index >= 15 is 0 Å². The molecule has 1 fully saturated rings. The third-order valence-electron chi connectivity index (χ3n) is 2.87. The summed E-state index contributed by atoms with van der Waals surface area (Å²) in [5.41, 5.74) is 5.56. The largest absolute Gasteiger partial charge is 0.330 e. The molecule has 0 saturated heterocycles. The molecule has 0 aromatic rings. The molecule has 0 spiro atoms. The van der Waals surface area contributed by atoms with Crippen LogP contribution in [0.15, 0.2) is 0 Å². The van der Waals surface area contributed by atoms with Crippen LogP contribution in [0.5, 0.6) is 0 Å². The highest BCUT2D eigenvalue weighted by Crippen LogP contribution is 2.27. The van der Waals surface area contributed by atoms with Crippen molar-refractivity contribution in [3.63, 3.8) is 0 Å². The van der Waals surface area contributed by atoms with Gasteiger partial charge in [-0.25, -0.2) is 9.86 Å². The Hall–Kier alpha value is -0.170. The van der Waals surface area contributed by atoms with Gasteiger partial charge in [-0.3, -0.25) is 0 Å². The Morgan fingerprint density at radius 2 is 1.64 bits per heavy atom. The fourth-order valence-corrected chi connectivity index (χ4v) is 2.37. The van der Waals surface area contributed by atoms with Crippen LogP contribution in [-0.4, -0.2) is 21.5 Å². The van der Waals surface area contributed by atoms with Gasteiger partial charge in [0.2, 0.25) is 0 Å². The van der Waals surface area contributed by atoms with Crippen molar-refractivity contribution in [2.75, 3.05) is 13.1 Å². The summed E-state index contributed by atoms with van der Waals surface area (Å²) in [7, 11) is -3.52. The molecular weight excluding hydrogens is 202 g/mol. The van der Waals surface area contributed by atoms with Crippen molar-refractivity contribution in [2.24, 2.45) is 22.7 Å². The Balaban J connectivity index is 2.23. The number of rotatable bonds is 4. The van der Waals surface area contributed by atoms with Gasteiger partial charge in [-0.1, -0.05) is 0 Å². The lowest BCUT2D eigenvalue weighted by Gasteiger charge is -2.27. The van der Waals surface area contributed by atoms with Gasteiger partial charge < -0.3 is 5.73 Å². The zero-order chi connectivity index (χ0) is 10.6. The van der Waals surface area contributed by atoms with Crippen molar-refractivity contribution >= 4 is 10.2 Å². The normalized spacial score (nSPS) is 29.0. The highest BCUT2D eigenvalue weighted by atomic mass is 32.2. The molecule has 5 nitrogen and oxygen atoms in total. The Labute approximate surface area is 85.4 Å². The van der Waals surface area contributed by atoms with Crippen LogP contribution >= 0.6 is 0 Å². The maximum atomic E-state index is 10.6. The molecule has 0 aromatic carbocycles. The van der Waals surface area contributed by atoms with Crippen molar-refractivity contribution in [3.05, 3.63) is 0 Å². The number of nitrogens with two attached hydrogens (primary N) is 2. The third kappa shape index (κ3) is 4.36. The maximum absolute atomic E-state index is 10.6. The molecule has 0 bridgehead atoms. The molecule has 0 aliphatic heterocycles. The van der Waals surface area contributed by atoms with Crippen LogP contribution in [0.3, 0.4) is 0 Å². The zero-order valence-corrected chi connectivity index (χ0v) is 9.09. The Morgan fingerprint density at radius 3 is 2.07 bits per heavy atom. The summed E-state index contributed by atoms with van der Waals surface area (Å²) in [6, 6.07) is 0. The summed E-state index contributed by atoms with van der Waals surface area (Å²) < 4.78 is 23.6. The summed E-state index contributed by atoms with van der Waals surface area (Å²) in [5, 5.41) is 4.85. The van der Waals surface area contributed by atoms with Crippen molar-refractivity contribution in [2.45, 2.75) is 25.7 Å². The molecule has 1 aliphatic carbocycles.